The molecule has 0 amide bonds. The van der Waals surface area contributed by atoms with Crippen molar-refractivity contribution in [2.75, 3.05) is 12.4 Å². The van der Waals surface area contributed by atoms with Gasteiger partial charge in [-0.15, -0.1) is 0 Å². The number of methoxy groups -OCH3 is 1. The SMILES string of the molecule is COc1ccc(Cc2cc(Br)c(NC=C(C#N)C#N)c([N+](=O)[O-])c2)cc1. The van der Waals surface area contributed by atoms with Gasteiger partial charge in [-0.2, -0.15) is 10.5 Å². The van der Waals surface area contributed by atoms with Crippen molar-refractivity contribution in [1.82, 2.24) is 0 Å². The van der Waals surface area contributed by atoms with Crippen LogP contribution in [0.1, 0.15) is 11.1 Å². The normalized spacial score (nSPS) is 9.54. The minimum atomic E-state index is -0.517. The first-order valence-electron chi connectivity index (χ1n) is 7.35. The molecule has 0 fully saturated rings. The van der Waals surface area contributed by atoms with Crippen LogP contribution in [0.5, 0.6) is 5.75 Å². The smallest absolute Gasteiger partial charge is 0.294 e. The average molecular weight is 413 g/mol. The van der Waals surface area contributed by atoms with E-state index in [9.17, 15) is 10.1 Å². The predicted molar refractivity (Wildman–Crippen MR) is 99.5 cm³/mol. The van der Waals surface area contributed by atoms with Gasteiger partial charge in [-0.3, -0.25) is 10.1 Å². The van der Waals surface area contributed by atoms with E-state index >= 15 is 0 Å². The summed E-state index contributed by atoms with van der Waals surface area (Å²) in [5.41, 5.74) is 1.55. The Labute approximate surface area is 158 Å². The molecule has 0 aromatic heterocycles. The number of rotatable bonds is 6. The third-order valence-corrected chi connectivity index (χ3v) is 4.12. The average Bonchev–Trinajstić information content (AvgIpc) is 2.64. The molecule has 7 nitrogen and oxygen atoms in total. The highest BCUT2D eigenvalue weighted by Gasteiger charge is 2.18. The number of ether oxygens (including phenoxy) is 1. The summed E-state index contributed by atoms with van der Waals surface area (Å²) in [6, 6.07) is 14.0. The van der Waals surface area contributed by atoms with Gasteiger partial charge in [0.15, 0.2) is 0 Å². The van der Waals surface area contributed by atoms with E-state index in [0.717, 1.165) is 23.1 Å². The molecule has 26 heavy (non-hydrogen) atoms. The van der Waals surface area contributed by atoms with Gasteiger partial charge in [-0.25, -0.2) is 0 Å². The van der Waals surface area contributed by atoms with Crippen LogP contribution in [0.25, 0.3) is 0 Å². The van der Waals surface area contributed by atoms with E-state index < -0.39 is 4.92 Å². The molecule has 0 aliphatic heterocycles. The molecule has 1 N–H and O–H groups in total. The highest BCUT2D eigenvalue weighted by Crippen LogP contribution is 2.35. The van der Waals surface area contributed by atoms with E-state index in [4.69, 9.17) is 15.3 Å². The second-order valence-electron chi connectivity index (χ2n) is 5.18. The largest absolute Gasteiger partial charge is 0.497 e. The molecule has 0 aliphatic carbocycles. The molecule has 0 radical (unpaired) electrons. The molecule has 0 spiro atoms. The molecule has 0 heterocycles. The first kappa shape index (κ1) is 19.0. The summed E-state index contributed by atoms with van der Waals surface area (Å²) in [6.45, 7) is 0. The van der Waals surface area contributed by atoms with Gasteiger partial charge in [-0.05, 0) is 51.7 Å². The minimum absolute atomic E-state index is 0.158. The van der Waals surface area contributed by atoms with Crippen LogP contribution in [-0.4, -0.2) is 12.0 Å². The zero-order valence-electron chi connectivity index (χ0n) is 13.7. The predicted octanol–water partition coefficient (Wildman–Crippen LogP) is 4.30. The Kier molecular flexibility index (Phi) is 6.31. The summed E-state index contributed by atoms with van der Waals surface area (Å²) >= 11 is 3.31. The van der Waals surface area contributed by atoms with Crippen molar-refractivity contribution in [1.29, 1.82) is 10.5 Å². The summed E-state index contributed by atoms with van der Waals surface area (Å²) in [4.78, 5) is 10.9. The zero-order valence-corrected chi connectivity index (χ0v) is 15.3. The maximum absolute atomic E-state index is 11.4. The minimum Gasteiger partial charge on any atom is -0.497 e. The number of halogens is 1. The third kappa shape index (κ3) is 4.59. The van der Waals surface area contributed by atoms with Gasteiger partial charge in [0, 0.05) is 16.7 Å². The van der Waals surface area contributed by atoms with E-state index in [1.807, 2.05) is 24.3 Å². The van der Waals surface area contributed by atoms with Gasteiger partial charge in [0.1, 0.15) is 29.1 Å². The van der Waals surface area contributed by atoms with Gasteiger partial charge in [0.25, 0.3) is 5.69 Å². The molecule has 0 unspecified atom stereocenters. The molecule has 0 saturated heterocycles. The second kappa shape index (κ2) is 8.65. The maximum Gasteiger partial charge on any atom is 0.294 e. The highest BCUT2D eigenvalue weighted by molar-refractivity contribution is 9.10. The number of allylic oxidation sites excluding steroid dienone is 1. The number of nitriles is 2. The Morgan fingerprint density at radius 2 is 1.92 bits per heavy atom. The van der Waals surface area contributed by atoms with Crippen molar-refractivity contribution >= 4 is 27.3 Å². The number of hydrogen-bond acceptors (Lipinski definition) is 6. The Hall–Kier alpha value is -3.36. The van der Waals surface area contributed by atoms with Crippen molar-refractivity contribution in [3.63, 3.8) is 0 Å². The number of nitrogens with one attached hydrogen (secondary N) is 1. The number of nitrogens with zero attached hydrogens (tertiary/aromatic N) is 3. The fourth-order valence-corrected chi connectivity index (χ4v) is 2.86. The Bertz CT molecular complexity index is 925. The maximum atomic E-state index is 11.4. The fourth-order valence-electron chi connectivity index (χ4n) is 2.25. The van der Waals surface area contributed by atoms with Crippen LogP contribution in [0.4, 0.5) is 11.4 Å². The lowest BCUT2D eigenvalue weighted by Gasteiger charge is -2.09. The molecule has 0 atom stereocenters. The van der Waals surface area contributed by atoms with Crippen LogP contribution in [0.15, 0.2) is 52.6 Å². The van der Waals surface area contributed by atoms with E-state index in [2.05, 4.69) is 21.2 Å². The number of benzene rings is 2. The Morgan fingerprint density at radius 3 is 2.46 bits per heavy atom. The highest BCUT2D eigenvalue weighted by atomic mass is 79.9. The van der Waals surface area contributed by atoms with E-state index in [-0.39, 0.29) is 16.9 Å². The molecule has 0 saturated carbocycles. The first-order chi connectivity index (χ1) is 12.5. The molecule has 2 rings (SSSR count). The van der Waals surface area contributed by atoms with Gasteiger partial charge in [0.05, 0.1) is 12.0 Å². The van der Waals surface area contributed by atoms with Gasteiger partial charge in [0.2, 0.25) is 0 Å². The van der Waals surface area contributed by atoms with Crippen LogP contribution < -0.4 is 10.1 Å². The van der Waals surface area contributed by atoms with Crippen LogP contribution >= 0.6 is 15.9 Å². The molecule has 8 heteroatoms. The first-order valence-corrected chi connectivity index (χ1v) is 8.14. The lowest BCUT2D eigenvalue weighted by Crippen LogP contribution is -2.00. The third-order valence-electron chi connectivity index (χ3n) is 3.49. The molecular formula is C18H13BrN4O3. The summed E-state index contributed by atoms with van der Waals surface area (Å²) in [5.74, 6) is 0.734. The Morgan fingerprint density at radius 1 is 1.27 bits per heavy atom. The van der Waals surface area contributed by atoms with Crippen molar-refractivity contribution in [2.45, 2.75) is 6.42 Å². The summed E-state index contributed by atoms with van der Waals surface area (Å²) < 4.78 is 5.57. The van der Waals surface area contributed by atoms with Crippen molar-refractivity contribution in [3.8, 4) is 17.9 Å². The summed E-state index contributed by atoms with van der Waals surface area (Å²) in [7, 11) is 1.58. The fraction of sp³-hybridized carbons (Fsp3) is 0.111. The second-order valence-corrected chi connectivity index (χ2v) is 6.03. The Balaban J connectivity index is 2.36. The molecule has 130 valence electrons. The number of anilines is 1. The monoisotopic (exact) mass is 412 g/mol. The molecular weight excluding hydrogens is 400 g/mol. The van der Waals surface area contributed by atoms with Crippen molar-refractivity contribution in [2.24, 2.45) is 0 Å². The number of hydrogen-bond donors (Lipinski definition) is 1. The van der Waals surface area contributed by atoms with Gasteiger partial charge >= 0.3 is 0 Å². The zero-order chi connectivity index (χ0) is 19.1. The van der Waals surface area contributed by atoms with Crippen molar-refractivity contribution < 1.29 is 9.66 Å². The number of nitro groups is 1. The van der Waals surface area contributed by atoms with E-state index in [0.29, 0.717) is 10.9 Å². The lowest BCUT2D eigenvalue weighted by atomic mass is 10.0. The molecule has 0 bridgehead atoms. The van der Waals surface area contributed by atoms with Gasteiger partial charge < -0.3 is 10.1 Å². The van der Waals surface area contributed by atoms with Crippen LogP contribution in [0.3, 0.4) is 0 Å². The van der Waals surface area contributed by atoms with Crippen molar-refractivity contribution in [3.05, 3.63) is 73.9 Å². The van der Waals surface area contributed by atoms with E-state index in [1.165, 1.54) is 6.07 Å². The topological polar surface area (TPSA) is 112 Å². The van der Waals surface area contributed by atoms with Crippen LogP contribution in [-0.2, 0) is 6.42 Å². The van der Waals surface area contributed by atoms with Crippen LogP contribution in [0, 0.1) is 32.8 Å². The number of nitro benzene ring substituents is 1. The molecule has 2 aromatic carbocycles. The van der Waals surface area contributed by atoms with E-state index in [1.54, 1.807) is 25.3 Å². The van der Waals surface area contributed by atoms with Crippen LogP contribution in [0.2, 0.25) is 0 Å². The molecule has 0 aliphatic rings. The summed E-state index contributed by atoms with van der Waals surface area (Å²) in [6.07, 6.45) is 1.64. The van der Waals surface area contributed by atoms with Gasteiger partial charge in [-0.1, -0.05) is 12.1 Å². The quantitative estimate of drug-likeness (QED) is 0.429. The lowest BCUT2D eigenvalue weighted by molar-refractivity contribution is -0.384. The standard InChI is InChI=1S/C18H13BrN4O3/c1-26-15-4-2-12(3-5-15)6-13-7-16(19)18(17(8-13)23(24)25)22-11-14(9-20)10-21/h2-5,7-8,11,22H,6H2,1H3. The summed E-state index contributed by atoms with van der Waals surface area (Å²) in [5, 5.41) is 31.6. The molecule has 2 aromatic rings.